The van der Waals surface area contributed by atoms with Crippen LogP contribution in [0.1, 0.15) is 11.1 Å². The van der Waals surface area contributed by atoms with Crippen LogP contribution in [0.4, 0.5) is 13.2 Å². The third-order valence-corrected chi connectivity index (χ3v) is 3.11. The molecule has 2 aromatic rings. The van der Waals surface area contributed by atoms with E-state index in [2.05, 4.69) is 0 Å². The summed E-state index contributed by atoms with van der Waals surface area (Å²) in [5, 5.41) is 0.478. The molecule has 6 heteroatoms. The molecule has 0 saturated heterocycles. The number of hydrogen-bond donors (Lipinski definition) is 0. The monoisotopic (exact) mass is 320 g/mol. The van der Waals surface area contributed by atoms with E-state index in [4.69, 9.17) is 27.9 Å². The van der Waals surface area contributed by atoms with E-state index in [9.17, 15) is 13.2 Å². The van der Waals surface area contributed by atoms with Gasteiger partial charge in [-0.3, -0.25) is 0 Å². The first-order chi connectivity index (χ1) is 9.40. The molecule has 0 saturated carbocycles. The van der Waals surface area contributed by atoms with Gasteiger partial charge in [-0.1, -0.05) is 17.7 Å². The summed E-state index contributed by atoms with van der Waals surface area (Å²) in [6.07, 6.45) is -4.51. The van der Waals surface area contributed by atoms with Crippen molar-refractivity contribution < 1.29 is 17.9 Å². The molecule has 0 fully saturated rings. The van der Waals surface area contributed by atoms with Gasteiger partial charge in [-0.15, -0.1) is 11.6 Å². The van der Waals surface area contributed by atoms with Crippen molar-refractivity contribution in [1.29, 1.82) is 0 Å². The molecule has 2 rings (SSSR count). The van der Waals surface area contributed by atoms with Crippen LogP contribution >= 0.6 is 23.2 Å². The predicted molar refractivity (Wildman–Crippen MR) is 72.5 cm³/mol. The van der Waals surface area contributed by atoms with E-state index in [1.165, 1.54) is 36.4 Å². The second-order valence-corrected chi connectivity index (χ2v) is 4.72. The minimum Gasteiger partial charge on any atom is -0.457 e. The summed E-state index contributed by atoms with van der Waals surface area (Å²) in [6, 6.07) is 9.81. The smallest absolute Gasteiger partial charge is 0.419 e. The number of benzene rings is 2. The van der Waals surface area contributed by atoms with Gasteiger partial charge in [-0.05, 0) is 42.0 Å². The molecule has 106 valence electrons. The minimum atomic E-state index is -4.51. The minimum absolute atomic E-state index is 0.00427. The van der Waals surface area contributed by atoms with Crippen molar-refractivity contribution in [2.45, 2.75) is 12.1 Å². The maximum Gasteiger partial charge on any atom is 0.419 e. The second kappa shape index (κ2) is 5.94. The molecule has 0 aliphatic carbocycles. The highest BCUT2D eigenvalue weighted by Crippen LogP contribution is 2.39. The highest BCUT2D eigenvalue weighted by Gasteiger charge is 2.34. The molecule has 2 aromatic carbocycles. The van der Waals surface area contributed by atoms with Crippen molar-refractivity contribution in [3.8, 4) is 11.5 Å². The molecule has 0 spiro atoms. The zero-order valence-corrected chi connectivity index (χ0v) is 11.6. The van der Waals surface area contributed by atoms with Crippen LogP contribution in [0.15, 0.2) is 42.5 Å². The Morgan fingerprint density at radius 3 is 2.20 bits per heavy atom. The van der Waals surface area contributed by atoms with E-state index in [0.29, 0.717) is 10.6 Å². The molecule has 0 N–H and O–H groups in total. The van der Waals surface area contributed by atoms with Crippen LogP contribution in [-0.4, -0.2) is 0 Å². The molecule has 0 bridgehead atoms. The Balaban J connectivity index is 2.38. The fourth-order valence-electron chi connectivity index (χ4n) is 1.60. The van der Waals surface area contributed by atoms with Crippen molar-refractivity contribution in [2.75, 3.05) is 0 Å². The lowest BCUT2D eigenvalue weighted by Crippen LogP contribution is -2.07. The van der Waals surface area contributed by atoms with Crippen LogP contribution in [0.2, 0.25) is 5.02 Å². The molecule has 0 aliphatic heterocycles. The third kappa shape index (κ3) is 3.58. The summed E-state index contributed by atoms with van der Waals surface area (Å²) < 4.78 is 44.2. The molecule has 0 radical (unpaired) electrons. The number of hydrogen-bond acceptors (Lipinski definition) is 1. The van der Waals surface area contributed by atoms with E-state index >= 15 is 0 Å². The van der Waals surface area contributed by atoms with Crippen molar-refractivity contribution in [3.05, 3.63) is 58.6 Å². The first kappa shape index (κ1) is 15.0. The summed E-state index contributed by atoms with van der Waals surface area (Å²) in [7, 11) is 0. The summed E-state index contributed by atoms with van der Waals surface area (Å²) in [5.41, 5.74) is -0.479. The molecule has 0 aliphatic rings. The van der Waals surface area contributed by atoms with Gasteiger partial charge < -0.3 is 4.74 Å². The van der Waals surface area contributed by atoms with Crippen LogP contribution in [0.5, 0.6) is 11.5 Å². The average Bonchev–Trinajstić information content (AvgIpc) is 2.40. The summed E-state index contributed by atoms with van der Waals surface area (Å²) in [6.45, 7) is 0. The van der Waals surface area contributed by atoms with Crippen LogP contribution in [0, 0.1) is 0 Å². The molecule has 0 atom stereocenters. The number of alkyl halides is 4. The number of ether oxygens (including phenoxy) is 1. The molecular weight excluding hydrogens is 312 g/mol. The maximum atomic E-state index is 13.0. The fraction of sp³-hybridized carbons (Fsp3) is 0.143. The van der Waals surface area contributed by atoms with E-state index in [-0.39, 0.29) is 17.4 Å². The SMILES string of the molecule is FC(F)(F)c1cc(CCl)ccc1Oc1ccc(Cl)cc1. The van der Waals surface area contributed by atoms with Gasteiger partial charge in [0.25, 0.3) is 0 Å². The number of rotatable bonds is 3. The first-order valence-electron chi connectivity index (χ1n) is 5.59. The standard InChI is InChI=1S/C14H9Cl2F3O/c15-8-9-1-6-13(12(7-9)14(17,18)19)20-11-4-2-10(16)3-5-11/h1-7H,8H2. The molecule has 0 aromatic heterocycles. The maximum absolute atomic E-state index is 13.0. The van der Waals surface area contributed by atoms with Crippen LogP contribution < -0.4 is 4.74 Å². The van der Waals surface area contributed by atoms with Gasteiger partial charge >= 0.3 is 6.18 Å². The van der Waals surface area contributed by atoms with E-state index < -0.39 is 11.7 Å². The molecule has 0 heterocycles. The van der Waals surface area contributed by atoms with Gasteiger partial charge in [0.2, 0.25) is 0 Å². The lowest BCUT2D eigenvalue weighted by atomic mass is 10.1. The van der Waals surface area contributed by atoms with Crippen molar-refractivity contribution in [3.63, 3.8) is 0 Å². The summed E-state index contributed by atoms with van der Waals surface area (Å²) in [4.78, 5) is 0. The zero-order chi connectivity index (χ0) is 14.8. The van der Waals surface area contributed by atoms with E-state index in [1.807, 2.05) is 0 Å². The topological polar surface area (TPSA) is 9.23 Å². The Bertz CT molecular complexity index is 594. The van der Waals surface area contributed by atoms with Crippen molar-refractivity contribution in [2.24, 2.45) is 0 Å². The lowest BCUT2D eigenvalue weighted by molar-refractivity contribution is -0.138. The van der Waals surface area contributed by atoms with Crippen molar-refractivity contribution >= 4 is 23.2 Å². The molecule has 20 heavy (non-hydrogen) atoms. The average molecular weight is 321 g/mol. The van der Waals surface area contributed by atoms with Crippen LogP contribution in [0.25, 0.3) is 0 Å². The Morgan fingerprint density at radius 2 is 1.65 bits per heavy atom. The van der Waals surface area contributed by atoms with Gasteiger partial charge in [-0.2, -0.15) is 13.2 Å². The molecule has 1 nitrogen and oxygen atoms in total. The largest absolute Gasteiger partial charge is 0.457 e. The third-order valence-electron chi connectivity index (χ3n) is 2.55. The van der Waals surface area contributed by atoms with Gasteiger partial charge in [0, 0.05) is 10.9 Å². The first-order valence-corrected chi connectivity index (χ1v) is 6.51. The fourth-order valence-corrected chi connectivity index (χ4v) is 1.89. The Labute approximate surface area is 123 Å². The summed E-state index contributed by atoms with van der Waals surface area (Å²) in [5.74, 6) is 0.0109. The molecular formula is C14H9Cl2F3O. The lowest BCUT2D eigenvalue weighted by Gasteiger charge is -2.14. The quantitative estimate of drug-likeness (QED) is 0.641. The predicted octanol–water partition coefficient (Wildman–Crippen LogP) is 5.89. The van der Waals surface area contributed by atoms with Gasteiger partial charge in [-0.25, -0.2) is 0 Å². The van der Waals surface area contributed by atoms with Gasteiger partial charge in [0.05, 0.1) is 5.56 Å². The normalized spacial score (nSPS) is 11.4. The molecule has 0 unspecified atom stereocenters. The van der Waals surface area contributed by atoms with E-state index in [1.54, 1.807) is 0 Å². The molecule has 0 amide bonds. The van der Waals surface area contributed by atoms with Gasteiger partial charge in [0.1, 0.15) is 11.5 Å². The zero-order valence-electron chi connectivity index (χ0n) is 10.0. The second-order valence-electron chi connectivity index (χ2n) is 4.02. The number of halogens is 5. The Kier molecular flexibility index (Phi) is 4.45. The van der Waals surface area contributed by atoms with Crippen LogP contribution in [0.3, 0.4) is 0 Å². The summed E-state index contributed by atoms with van der Waals surface area (Å²) >= 11 is 11.3. The van der Waals surface area contributed by atoms with Crippen molar-refractivity contribution in [1.82, 2.24) is 0 Å². The van der Waals surface area contributed by atoms with Crippen LogP contribution in [-0.2, 0) is 12.1 Å². The highest BCUT2D eigenvalue weighted by molar-refractivity contribution is 6.30. The van der Waals surface area contributed by atoms with Gasteiger partial charge in [0.15, 0.2) is 0 Å². The highest BCUT2D eigenvalue weighted by atomic mass is 35.5. The van der Waals surface area contributed by atoms with E-state index in [0.717, 1.165) is 6.07 Å². The Morgan fingerprint density at radius 1 is 1.00 bits per heavy atom. The Hall–Kier alpha value is -1.39.